The average molecular weight is 262 g/mol. The summed E-state index contributed by atoms with van der Waals surface area (Å²) in [6.45, 7) is 2.99. The standard InChI is InChI=1S/C11H22N2O3S/c1-3-9(7-10(14)15)8-13-11(16)12-5-4-6-17-2/h9H,3-8H2,1-2H3,(H,14,15)(H2,12,13,16). The van der Waals surface area contributed by atoms with Gasteiger partial charge in [0.25, 0.3) is 0 Å². The van der Waals surface area contributed by atoms with E-state index in [9.17, 15) is 9.59 Å². The van der Waals surface area contributed by atoms with Crippen LogP contribution < -0.4 is 10.6 Å². The molecule has 6 heteroatoms. The van der Waals surface area contributed by atoms with E-state index < -0.39 is 5.97 Å². The largest absolute Gasteiger partial charge is 0.481 e. The summed E-state index contributed by atoms with van der Waals surface area (Å²) < 4.78 is 0. The molecule has 0 aromatic heterocycles. The van der Waals surface area contributed by atoms with Crippen LogP contribution in [0.15, 0.2) is 0 Å². The Morgan fingerprint density at radius 2 is 2.06 bits per heavy atom. The first-order chi connectivity index (χ1) is 8.10. The van der Waals surface area contributed by atoms with Gasteiger partial charge in [-0.25, -0.2) is 4.79 Å². The topological polar surface area (TPSA) is 78.4 Å². The molecule has 5 nitrogen and oxygen atoms in total. The monoisotopic (exact) mass is 262 g/mol. The zero-order valence-electron chi connectivity index (χ0n) is 10.5. The lowest BCUT2D eigenvalue weighted by atomic mass is 10.0. The molecule has 3 N–H and O–H groups in total. The molecule has 100 valence electrons. The van der Waals surface area contributed by atoms with Crippen molar-refractivity contribution in [3.63, 3.8) is 0 Å². The number of carboxylic acid groups (broad SMARTS) is 1. The van der Waals surface area contributed by atoms with Gasteiger partial charge in [-0.05, 0) is 24.3 Å². The van der Waals surface area contributed by atoms with Crippen LogP contribution in [-0.4, -0.2) is 42.2 Å². The van der Waals surface area contributed by atoms with Gasteiger partial charge in [-0.1, -0.05) is 13.3 Å². The molecule has 0 radical (unpaired) electrons. The number of rotatable bonds is 9. The minimum Gasteiger partial charge on any atom is -0.481 e. The number of aliphatic carboxylic acids is 1. The summed E-state index contributed by atoms with van der Waals surface area (Å²) in [5, 5.41) is 14.1. The van der Waals surface area contributed by atoms with Gasteiger partial charge in [-0.2, -0.15) is 11.8 Å². The Labute approximate surface area is 107 Å². The third kappa shape index (κ3) is 9.99. The van der Waals surface area contributed by atoms with Gasteiger partial charge in [0.1, 0.15) is 0 Å². The van der Waals surface area contributed by atoms with Gasteiger partial charge in [-0.15, -0.1) is 0 Å². The number of nitrogens with one attached hydrogen (secondary N) is 2. The Morgan fingerprint density at radius 1 is 1.35 bits per heavy atom. The Hall–Kier alpha value is -0.910. The average Bonchev–Trinajstić information content (AvgIpc) is 2.29. The van der Waals surface area contributed by atoms with E-state index in [-0.39, 0.29) is 18.4 Å². The third-order valence-electron chi connectivity index (χ3n) is 2.40. The van der Waals surface area contributed by atoms with Gasteiger partial charge in [0.05, 0.1) is 0 Å². The number of hydrogen-bond donors (Lipinski definition) is 3. The highest BCUT2D eigenvalue weighted by atomic mass is 32.2. The maximum atomic E-state index is 11.3. The quantitative estimate of drug-likeness (QED) is 0.551. The highest BCUT2D eigenvalue weighted by Crippen LogP contribution is 2.06. The lowest BCUT2D eigenvalue weighted by Gasteiger charge is -2.13. The second kappa shape index (κ2) is 10.3. The molecule has 0 bridgehead atoms. The van der Waals surface area contributed by atoms with Crippen LogP contribution in [0.3, 0.4) is 0 Å². The van der Waals surface area contributed by atoms with Crippen molar-refractivity contribution in [1.29, 1.82) is 0 Å². The second-order valence-corrected chi connectivity index (χ2v) is 4.84. The van der Waals surface area contributed by atoms with Crippen LogP contribution in [0, 0.1) is 5.92 Å². The summed E-state index contributed by atoms with van der Waals surface area (Å²) in [5.41, 5.74) is 0. The highest BCUT2D eigenvalue weighted by Gasteiger charge is 2.11. The molecule has 0 aromatic carbocycles. The number of hydrogen-bond acceptors (Lipinski definition) is 3. The molecule has 0 heterocycles. The molecule has 0 aliphatic rings. The van der Waals surface area contributed by atoms with Crippen molar-refractivity contribution in [2.45, 2.75) is 26.2 Å². The van der Waals surface area contributed by atoms with Crippen LogP contribution in [0.4, 0.5) is 4.79 Å². The number of thioether (sulfide) groups is 1. The van der Waals surface area contributed by atoms with Crippen molar-refractivity contribution in [2.75, 3.05) is 25.1 Å². The molecule has 1 atom stereocenters. The predicted octanol–water partition coefficient (Wildman–Crippen LogP) is 1.54. The SMILES string of the molecule is CCC(CNC(=O)NCCCSC)CC(=O)O. The van der Waals surface area contributed by atoms with Crippen molar-refractivity contribution in [2.24, 2.45) is 5.92 Å². The fraction of sp³-hybridized carbons (Fsp3) is 0.818. The molecule has 0 saturated carbocycles. The smallest absolute Gasteiger partial charge is 0.314 e. The highest BCUT2D eigenvalue weighted by molar-refractivity contribution is 7.98. The van der Waals surface area contributed by atoms with Crippen molar-refractivity contribution < 1.29 is 14.7 Å². The molecule has 0 fully saturated rings. The number of carboxylic acids is 1. The molecule has 0 aliphatic heterocycles. The minimum atomic E-state index is -0.820. The van der Waals surface area contributed by atoms with Gasteiger partial charge in [-0.3, -0.25) is 4.79 Å². The van der Waals surface area contributed by atoms with Crippen molar-refractivity contribution in [3.8, 4) is 0 Å². The molecule has 2 amide bonds. The summed E-state index contributed by atoms with van der Waals surface area (Å²) in [7, 11) is 0. The minimum absolute atomic E-state index is 0.00412. The molecular weight excluding hydrogens is 240 g/mol. The maximum Gasteiger partial charge on any atom is 0.314 e. The predicted molar refractivity (Wildman–Crippen MR) is 70.4 cm³/mol. The number of urea groups is 1. The van der Waals surface area contributed by atoms with Crippen LogP contribution in [0.2, 0.25) is 0 Å². The summed E-state index contributed by atoms with van der Waals surface area (Å²) in [6, 6.07) is -0.213. The first-order valence-corrected chi connectivity index (χ1v) is 7.22. The summed E-state index contributed by atoms with van der Waals surface area (Å²) in [5.74, 6) is 0.208. The molecule has 0 aliphatic carbocycles. The van der Waals surface area contributed by atoms with E-state index in [0.717, 1.165) is 18.6 Å². The van der Waals surface area contributed by atoms with Gasteiger partial charge < -0.3 is 15.7 Å². The summed E-state index contributed by atoms with van der Waals surface area (Å²) in [6.07, 6.45) is 3.82. The van der Waals surface area contributed by atoms with Crippen LogP contribution >= 0.6 is 11.8 Å². The van der Waals surface area contributed by atoms with E-state index in [1.54, 1.807) is 11.8 Å². The zero-order valence-corrected chi connectivity index (χ0v) is 11.3. The summed E-state index contributed by atoms with van der Waals surface area (Å²) >= 11 is 1.75. The maximum absolute atomic E-state index is 11.3. The Balaban J connectivity index is 3.62. The Morgan fingerprint density at radius 3 is 2.59 bits per heavy atom. The normalized spacial score (nSPS) is 11.9. The number of amides is 2. The molecule has 0 saturated heterocycles. The van der Waals surface area contributed by atoms with E-state index in [1.807, 2.05) is 13.2 Å². The van der Waals surface area contributed by atoms with Crippen LogP contribution in [0.25, 0.3) is 0 Å². The van der Waals surface area contributed by atoms with E-state index in [0.29, 0.717) is 13.1 Å². The van der Waals surface area contributed by atoms with Crippen molar-refractivity contribution in [1.82, 2.24) is 10.6 Å². The molecule has 0 aromatic rings. The summed E-state index contributed by atoms with van der Waals surface area (Å²) in [4.78, 5) is 21.9. The van der Waals surface area contributed by atoms with Crippen LogP contribution in [0.5, 0.6) is 0 Å². The molecular formula is C11H22N2O3S. The van der Waals surface area contributed by atoms with E-state index in [4.69, 9.17) is 5.11 Å². The van der Waals surface area contributed by atoms with Gasteiger partial charge in [0, 0.05) is 19.5 Å². The lowest BCUT2D eigenvalue weighted by Crippen LogP contribution is -2.39. The zero-order chi connectivity index (χ0) is 13.1. The fourth-order valence-corrected chi connectivity index (χ4v) is 1.76. The molecule has 1 unspecified atom stereocenters. The van der Waals surface area contributed by atoms with Crippen molar-refractivity contribution in [3.05, 3.63) is 0 Å². The van der Waals surface area contributed by atoms with Gasteiger partial charge in [0.2, 0.25) is 0 Å². The number of carbonyl (C=O) groups is 2. The number of carbonyl (C=O) groups excluding carboxylic acids is 1. The van der Waals surface area contributed by atoms with E-state index in [2.05, 4.69) is 10.6 Å². The third-order valence-corrected chi connectivity index (χ3v) is 3.10. The second-order valence-electron chi connectivity index (χ2n) is 3.86. The van der Waals surface area contributed by atoms with Gasteiger partial charge >= 0.3 is 12.0 Å². The van der Waals surface area contributed by atoms with E-state index >= 15 is 0 Å². The lowest BCUT2D eigenvalue weighted by molar-refractivity contribution is -0.138. The fourth-order valence-electron chi connectivity index (χ4n) is 1.33. The molecule has 0 spiro atoms. The first kappa shape index (κ1) is 16.1. The van der Waals surface area contributed by atoms with Crippen molar-refractivity contribution >= 4 is 23.8 Å². The van der Waals surface area contributed by atoms with Crippen LogP contribution in [0.1, 0.15) is 26.2 Å². The van der Waals surface area contributed by atoms with Gasteiger partial charge in [0.15, 0.2) is 0 Å². The first-order valence-electron chi connectivity index (χ1n) is 5.82. The molecule has 17 heavy (non-hydrogen) atoms. The molecule has 0 rings (SSSR count). The van der Waals surface area contributed by atoms with E-state index in [1.165, 1.54) is 0 Å². The van der Waals surface area contributed by atoms with Crippen LogP contribution in [-0.2, 0) is 4.79 Å². The Kier molecular flexibility index (Phi) is 9.71. The Bertz CT molecular complexity index is 237.